The molecule has 1 aliphatic heterocycles. The average molecular weight is 303 g/mol. The molecule has 1 saturated heterocycles. The summed E-state index contributed by atoms with van der Waals surface area (Å²) in [5.74, 6) is -0.856. The summed E-state index contributed by atoms with van der Waals surface area (Å²) in [6.45, 7) is 5.13. The molecule has 1 amide bonds. The first-order valence-electron chi connectivity index (χ1n) is 8.03. The first-order valence-corrected chi connectivity index (χ1v) is 8.03. The van der Waals surface area contributed by atoms with Gasteiger partial charge in [0.1, 0.15) is 0 Å². The number of hydrogen-bond donors (Lipinski definition) is 1. The van der Waals surface area contributed by atoms with E-state index in [-0.39, 0.29) is 17.7 Å². The zero-order valence-electron chi connectivity index (χ0n) is 13.4. The Bertz CT molecular complexity index is 524. The normalized spacial score (nSPS) is 21.6. The van der Waals surface area contributed by atoms with Gasteiger partial charge in [-0.05, 0) is 37.7 Å². The maximum Gasteiger partial charge on any atom is 0.306 e. The van der Waals surface area contributed by atoms with Gasteiger partial charge in [-0.2, -0.15) is 0 Å². The highest BCUT2D eigenvalue weighted by Gasteiger charge is 2.32. The number of likely N-dealkylation sites (tertiary alicyclic amines) is 1. The fourth-order valence-corrected chi connectivity index (χ4v) is 3.10. The number of nitrogens with zero attached hydrogens (tertiary/aromatic N) is 1. The molecule has 1 aromatic rings. The van der Waals surface area contributed by atoms with E-state index < -0.39 is 5.97 Å². The molecule has 1 fully saturated rings. The van der Waals surface area contributed by atoms with E-state index in [1.54, 1.807) is 0 Å². The van der Waals surface area contributed by atoms with Crippen molar-refractivity contribution in [1.82, 2.24) is 4.90 Å². The van der Waals surface area contributed by atoms with Crippen molar-refractivity contribution in [3.63, 3.8) is 0 Å². The summed E-state index contributed by atoms with van der Waals surface area (Å²) in [7, 11) is 0. The third kappa shape index (κ3) is 4.33. The molecule has 1 aromatic carbocycles. The van der Waals surface area contributed by atoms with Crippen LogP contribution in [0.5, 0.6) is 0 Å². The molecule has 2 unspecified atom stereocenters. The molecule has 0 radical (unpaired) electrons. The van der Waals surface area contributed by atoms with Gasteiger partial charge in [0.05, 0.1) is 5.92 Å². The minimum Gasteiger partial charge on any atom is -0.481 e. The Morgan fingerprint density at radius 3 is 2.55 bits per heavy atom. The van der Waals surface area contributed by atoms with Crippen LogP contribution in [0.2, 0.25) is 0 Å². The van der Waals surface area contributed by atoms with Gasteiger partial charge in [0.2, 0.25) is 5.91 Å². The van der Waals surface area contributed by atoms with Crippen molar-refractivity contribution in [1.29, 1.82) is 0 Å². The summed E-state index contributed by atoms with van der Waals surface area (Å²) in [4.78, 5) is 25.2. The number of rotatable bonds is 5. The van der Waals surface area contributed by atoms with Gasteiger partial charge < -0.3 is 10.0 Å². The van der Waals surface area contributed by atoms with Crippen LogP contribution >= 0.6 is 0 Å². The third-order valence-electron chi connectivity index (χ3n) is 4.55. The molecule has 0 aliphatic carbocycles. The Hall–Kier alpha value is -1.84. The lowest BCUT2D eigenvalue weighted by Gasteiger charge is -2.35. The number of carboxylic acid groups (broad SMARTS) is 1. The van der Waals surface area contributed by atoms with Crippen molar-refractivity contribution in [3.8, 4) is 0 Å². The Morgan fingerprint density at radius 1 is 1.27 bits per heavy atom. The van der Waals surface area contributed by atoms with E-state index in [4.69, 9.17) is 5.11 Å². The van der Waals surface area contributed by atoms with E-state index in [0.717, 1.165) is 12.8 Å². The van der Waals surface area contributed by atoms with Gasteiger partial charge in [0, 0.05) is 19.5 Å². The molecule has 1 heterocycles. The first kappa shape index (κ1) is 16.5. The number of carbonyl (C=O) groups excluding carboxylic acids is 1. The van der Waals surface area contributed by atoms with Crippen molar-refractivity contribution in [3.05, 3.63) is 35.4 Å². The largest absolute Gasteiger partial charge is 0.481 e. The molecule has 0 spiro atoms. The molecule has 1 aliphatic rings. The topological polar surface area (TPSA) is 57.6 Å². The summed E-state index contributed by atoms with van der Waals surface area (Å²) < 4.78 is 0. The number of benzene rings is 1. The Morgan fingerprint density at radius 2 is 1.95 bits per heavy atom. The summed E-state index contributed by atoms with van der Waals surface area (Å²) >= 11 is 0. The molecule has 2 atom stereocenters. The fraction of sp³-hybridized carbons (Fsp3) is 0.556. The van der Waals surface area contributed by atoms with Crippen LogP contribution in [0.25, 0.3) is 0 Å². The van der Waals surface area contributed by atoms with Gasteiger partial charge in [-0.3, -0.25) is 9.59 Å². The quantitative estimate of drug-likeness (QED) is 0.910. The molecule has 0 saturated carbocycles. The number of aliphatic carboxylic acids is 1. The maximum absolute atomic E-state index is 12.2. The highest BCUT2D eigenvalue weighted by molar-refractivity contribution is 5.77. The van der Waals surface area contributed by atoms with Crippen LogP contribution in [-0.4, -0.2) is 35.0 Å². The van der Waals surface area contributed by atoms with Crippen molar-refractivity contribution in [2.45, 2.75) is 39.5 Å². The number of hydrogen-bond acceptors (Lipinski definition) is 2. The Balaban J connectivity index is 1.76. The van der Waals surface area contributed by atoms with Crippen molar-refractivity contribution >= 4 is 11.9 Å². The average Bonchev–Trinajstić information content (AvgIpc) is 2.48. The molecule has 4 heteroatoms. The Labute approximate surface area is 132 Å². The highest BCUT2D eigenvalue weighted by atomic mass is 16.4. The van der Waals surface area contributed by atoms with Gasteiger partial charge >= 0.3 is 5.97 Å². The maximum atomic E-state index is 12.2. The second kappa shape index (κ2) is 7.43. The van der Waals surface area contributed by atoms with E-state index >= 15 is 0 Å². The van der Waals surface area contributed by atoms with Crippen molar-refractivity contribution in [2.75, 3.05) is 13.1 Å². The molecule has 1 N–H and O–H groups in total. The Kier molecular flexibility index (Phi) is 5.58. The first-order chi connectivity index (χ1) is 10.5. The standard InChI is InChI=1S/C18H25NO3/c1-13-6-8-15(9-7-13)4-3-5-17(20)19-11-10-16(18(21)22)14(2)12-19/h6-9,14,16H,3-5,10-12H2,1-2H3,(H,21,22). The molecule has 22 heavy (non-hydrogen) atoms. The molecular weight excluding hydrogens is 278 g/mol. The minimum atomic E-state index is -0.737. The van der Waals surface area contributed by atoms with Crippen molar-refractivity contribution < 1.29 is 14.7 Å². The van der Waals surface area contributed by atoms with Crippen LogP contribution < -0.4 is 0 Å². The van der Waals surface area contributed by atoms with E-state index in [9.17, 15) is 9.59 Å². The molecule has 0 bridgehead atoms. The zero-order chi connectivity index (χ0) is 16.1. The van der Waals surface area contributed by atoms with Gasteiger partial charge in [0.15, 0.2) is 0 Å². The SMILES string of the molecule is Cc1ccc(CCCC(=O)N2CCC(C(=O)O)C(C)C2)cc1. The molecule has 0 aromatic heterocycles. The van der Waals surface area contributed by atoms with E-state index in [0.29, 0.717) is 25.9 Å². The minimum absolute atomic E-state index is 0.0345. The predicted molar refractivity (Wildman–Crippen MR) is 85.6 cm³/mol. The monoisotopic (exact) mass is 303 g/mol. The van der Waals surface area contributed by atoms with E-state index in [2.05, 4.69) is 31.2 Å². The second-order valence-electron chi connectivity index (χ2n) is 6.39. The van der Waals surface area contributed by atoms with Gasteiger partial charge in [-0.25, -0.2) is 0 Å². The molecule has 120 valence electrons. The van der Waals surface area contributed by atoms with Crippen LogP contribution in [0.4, 0.5) is 0 Å². The summed E-state index contributed by atoms with van der Waals surface area (Å²) in [6.07, 6.45) is 2.86. The number of amides is 1. The molecule has 2 rings (SSSR count). The number of aryl methyl sites for hydroxylation is 2. The fourth-order valence-electron chi connectivity index (χ4n) is 3.10. The van der Waals surface area contributed by atoms with E-state index in [1.165, 1.54) is 11.1 Å². The van der Waals surface area contributed by atoms with Crippen LogP contribution in [-0.2, 0) is 16.0 Å². The summed E-state index contributed by atoms with van der Waals surface area (Å²) in [5.41, 5.74) is 2.51. The lowest BCUT2D eigenvalue weighted by molar-refractivity contribution is -0.148. The lowest BCUT2D eigenvalue weighted by atomic mass is 9.87. The lowest BCUT2D eigenvalue weighted by Crippen LogP contribution is -2.44. The molecule has 4 nitrogen and oxygen atoms in total. The predicted octanol–water partition coefficient (Wildman–Crippen LogP) is 2.89. The summed E-state index contributed by atoms with van der Waals surface area (Å²) in [5, 5.41) is 9.12. The number of carbonyl (C=O) groups is 2. The van der Waals surface area contributed by atoms with Gasteiger partial charge in [-0.1, -0.05) is 36.8 Å². The third-order valence-corrected chi connectivity index (χ3v) is 4.55. The highest BCUT2D eigenvalue weighted by Crippen LogP contribution is 2.24. The summed E-state index contributed by atoms with van der Waals surface area (Å²) in [6, 6.07) is 8.41. The number of piperidine rings is 1. The van der Waals surface area contributed by atoms with Crippen LogP contribution in [0.15, 0.2) is 24.3 Å². The van der Waals surface area contributed by atoms with Crippen LogP contribution in [0, 0.1) is 18.8 Å². The van der Waals surface area contributed by atoms with Gasteiger partial charge in [-0.15, -0.1) is 0 Å². The number of carboxylic acids is 1. The smallest absolute Gasteiger partial charge is 0.306 e. The van der Waals surface area contributed by atoms with Crippen LogP contribution in [0.3, 0.4) is 0 Å². The zero-order valence-corrected chi connectivity index (χ0v) is 13.4. The van der Waals surface area contributed by atoms with Gasteiger partial charge in [0.25, 0.3) is 0 Å². The molecular formula is C18H25NO3. The second-order valence-corrected chi connectivity index (χ2v) is 6.39. The van der Waals surface area contributed by atoms with E-state index in [1.807, 2.05) is 11.8 Å². The van der Waals surface area contributed by atoms with Crippen molar-refractivity contribution in [2.24, 2.45) is 11.8 Å². The van der Waals surface area contributed by atoms with Crippen LogP contribution in [0.1, 0.15) is 37.3 Å².